The maximum atomic E-state index is 12.7. The number of nitrogens with zero attached hydrogens (tertiary/aromatic N) is 1. The molecule has 0 radical (unpaired) electrons. The zero-order chi connectivity index (χ0) is 16.8. The Balaban J connectivity index is 2.04. The second kappa shape index (κ2) is 8.52. The van der Waals surface area contributed by atoms with Gasteiger partial charge >= 0.3 is 0 Å². The number of benzene rings is 1. The summed E-state index contributed by atoms with van der Waals surface area (Å²) in [6.07, 6.45) is 3.16. The highest BCUT2D eigenvalue weighted by Gasteiger charge is 2.35. The van der Waals surface area contributed by atoms with Gasteiger partial charge in [0.15, 0.2) is 0 Å². The molecule has 1 aliphatic heterocycles. The summed E-state index contributed by atoms with van der Waals surface area (Å²) in [4.78, 5) is 26.6. The van der Waals surface area contributed by atoms with Gasteiger partial charge in [-0.05, 0) is 50.4 Å². The molecule has 0 bridgehead atoms. The summed E-state index contributed by atoms with van der Waals surface area (Å²) in [5, 5.41) is 3.66. The molecule has 2 amide bonds. The number of hydrogen-bond acceptors (Lipinski definition) is 3. The van der Waals surface area contributed by atoms with Crippen LogP contribution in [-0.2, 0) is 4.79 Å². The van der Waals surface area contributed by atoms with Gasteiger partial charge in [-0.2, -0.15) is 0 Å². The van der Waals surface area contributed by atoms with E-state index in [1.165, 1.54) is 0 Å². The molecule has 7 heteroatoms. The van der Waals surface area contributed by atoms with Crippen LogP contribution in [0.5, 0.6) is 0 Å². The van der Waals surface area contributed by atoms with E-state index >= 15 is 0 Å². The molecule has 0 saturated carbocycles. The number of nitrogens with two attached hydrogens (primary N) is 1. The van der Waals surface area contributed by atoms with Crippen molar-refractivity contribution in [2.75, 3.05) is 19.6 Å². The maximum absolute atomic E-state index is 12.7. The molecule has 1 saturated heterocycles. The van der Waals surface area contributed by atoms with Gasteiger partial charge in [0.1, 0.15) is 6.04 Å². The van der Waals surface area contributed by atoms with Crippen molar-refractivity contribution in [3.63, 3.8) is 0 Å². The van der Waals surface area contributed by atoms with E-state index in [4.69, 9.17) is 28.9 Å². The van der Waals surface area contributed by atoms with Crippen LogP contribution in [0.3, 0.4) is 0 Å². The number of hydrogen-bond donors (Lipinski definition) is 2. The molecule has 1 fully saturated rings. The second-order valence-corrected chi connectivity index (χ2v) is 6.41. The SMILES string of the molecule is NCCCCNC(=O)C1CCCN1C(=O)c1cc(Cl)ccc1Cl. The predicted molar refractivity (Wildman–Crippen MR) is 91.8 cm³/mol. The Labute approximate surface area is 146 Å². The Morgan fingerprint density at radius 1 is 1.30 bits per heavy atom. The van der Waals surface area contributed by atoms with Crippen molar-refractivity contribution in [1.82, 2.24) is 10.2 Å². The molecule has 0 aliphatic carbocycles. The Hall–Kier alpha value is -1.30. The molecule has 5 nitrogen and oxygen atoms in total. The van der Waals surface area contributed by atoms with Crippen LogP contribution in [0.2, 0.25) is 10.0 Å². The fourth-order valence-electron chi connectivity index (χ4n) is 2.70. The van der Waals surface area contributed by atoms with Crippen molar-refractivity contribution >= 4 is 35.0 Å². The molecule has 1 aliphatic rings. The summed E-state index contributed by atoms with van der Waals surface area (Å²) < 4.78 is 0. The Kier molecular flexibility index (Phi) is 6.69. The summed E-state index contributed by atoms with van der Waals surface area (Å²) in [5.41, 5.74) is 5.77. The lowest BCUT2D eigenvalue weighted by Gasteiger charge is -2.24. The molecule has 1 atom stereocenters. The lowest BCUT2D eigenvalue weighted by Crippen LogP contribution is -2.46. The van der Waals surface area contributed by atoms with E-state index in [1.807, 2.05) is 0 Å². The van der Waals surface area contributed by atoms with Gasteiger partial charge in [0.25, 0.3) is 5.91 Å². The van der Waals surface area contributed by atoms with Crippen LogP contribution in [0.15, 0.2) is 18.2 Å². The number of amides is 2. The lowest BCUT2D eigenvalue weighted by atomic mass is 10.1. The van der Waals surface area contributed by atoms with E-state index in [9.17, 15) is 9.59 Å². The topological polar surface area (TPSA) is 75.4 Å². The molecule has 1 aromatic carbocycles. The summed E-state index contributed by atoms with van der Waals surface area (Å²) in [5.74, 6) is -0.372. The zero-order valence-electron chi connectivity index (χ0n) is 12.9. The van der Waals surface area contributed by atoms with Crippen LogP contribution in [0.25, 0.3) is 0 Å². The number of carbonyl (C=O) groups is 2. The van der Waals surface area contributed by atoms with Crippen molar-refractivity contribution < 1.29 is 9.59 Å². The molecule has 1 unspecified atom stereocenters. The van der Waals surface area contributed by atoms with Crippen molar-refractivity contribution in [3.05, 3.63) is 33.8 Å². The smallest absolute Gasteiger partial charge is 0.256 e. The largest absolute Gasteiger partial charge is 0.354 e. The van der Waals surface area contributed by atoms with E-state index in [0.717, 1.165) is 19.3 Å². The van der Waals surface area contributed by atoms with Gasteiger partial charge in [-0.3, -0.25) is 9.59 Å². The standard InChI is InChI=1S/C16H21Cl2N3O2/c17-11-5-6-13(18)12(10-11)16(23)21-9-3-4-14(21)15(22)20-8-2-1-7-19/h5-6,10,14H,1-4,7-9,19H2,(H,20,22). The van der Waals surface area contributed by atoms with E-state index in [1.54, 1.807) is 23.1 Å². The molecule has 0 aromatic heterocycles. The first kappa shape index (κ1) is 18.0. The summed E-state index contributed by atoms with van der Waals surface area (Å²) in [6.45, 7) is 1.73. The highest BCUT2D eigenvalue weighted by atomic mass is 35.5. The second-order valence-electron chi connectivity index (χ2n) is 5.57. The first-order valence-electron chi connectivity index (χ1n) is 7.78. The normalized spacial score (nSPS) is 17.3. The van der Waals surface area contributed by atoms with E-state index in [2.05, 4.69) is 5.32 Å². The third kappa shape index (κ3) is 4.59. The fraction of sp³-hybridized carbons (Fsp3) is 0.500. The number of unbranched alkanes of at least 4 members (excludes halogenated alkanes) is 1. The minimum absolute atomic E-state index is 0.119. The van der Waals surface area contributed by atoms with Gasteiger partial charge < -0.3 is 16.0 Å². The van der Waals surface area contributed by atoms with Crippen molar-refractivity contribution in [2.45, 2.75) is 31.7 Å². The fourth-order valence-corrected chi connectivity index (χ4v) is 3.07. The molecule has 1 heterocycles. The van der Waals surface area contributed by atoms with Crippen LogP contribution in [0, 0.1) is 0 Å². The molecule has 126 valence electrons. The first-order chi connectivity index (χ1) is 11.0. The third-order valence-corrected chi connectivity index (χ3v) is 4.47. The Morgan fingerprint density at radius 3 is 2.83 bits per heavy atom. The number of halogens is 2. The zero-order valence-corrected chi connectivity index (χ0v) is 14.4. The van der Waals surface area contributed by atoms with Crippen molar-refractivity contribution in [1.29, 1.82) is 0 Å². The van der Waals surface area contributed by atoms with E-state index < -0.39 is 6.04 Å². The van der Waals surface area contributed by atoms with Crippen LogP contribution in [0.1, 0.15) is 36.0 Å². The number of likely N-dealkylation sites (tertiary alicyclic amines) is 1. The van der Waals surface area contributed by atoms with E-state index in [0.29, 0.717) is 41.7 Å². The monoisotopic (exact) mass is 357 g/mol. The molecule has 23 heavy (non-hydrogen) atoms. The maximum Gasteiger partial charge on any atom is 0.256 e. The van der Waals surface area contributed by atoms with Crippen LogP contribution in [-0.4, -0.2) is 42.4 Å². The van der Waals surface area contributed by atoms with Crippen molar-refractivity contribution in [2.24, 2.45) is 5.73 Å². The average molecular weight is 358 g/mol. The van der Waals surface area contributed by atoms with Crippen molar-refractivity contribution in [3.8, 4) is 0 Å². The first-order valence-corrected chi connectivity index (χ1v) is 8.54. The molecular formula is C16H21Cl2N3O2. The minimum atomic E-state index is -0.449. The molecular weight excluding hydrogens is 337 g/mol. The Morgan fingerprint density at radius 2 is 2.09 bits per heavy atom. The van der Waals surface area contributed by atoms with Gasteiger partial charge in [0.2, 0.25) is 5.91 Å². The predicted octanol–water partition coefficient (Wildman–Crippen LogP) is 2.45. The quantitative estimate of drug-likeness (QED) is 0.767. The summed E-state index contributed by atoms with van der Waals surface area (Å²) >= 11 is 12.0. The number of carbonyl (C=O) groups excluding carboxylic acids is 2. The molecule has 1 aromatic rings. The highest BCUT2D eigenvalue weighted by Crippen LogP contribution is 2.26. The minimum Gasteiger partial charge on any atom is -0.354 e. The van der Waals surface area contributed by atoms with Gasteiger partial charge in [-0.25, -0.2) is 0 Å². The lowest BCUT2D eigenvalue weighted by molar-refractivity contribution is -0.124. The van der Waals surface area contributed by atoms with Gasteiger partial charge in [0.05, 0.1) is 10.6 Å². The molecule has 3 N–H and O–H groups in total. The average Bonchev–Trinajstić information content (AvgIpc) is 3.02. The van der Waals surface area contributed by atoms with Crippen LogP contribution in [0.4, 0.5) is 0 Å². The van der Waals surface area contributed by atoms with Crippen LogP contribution < -0.4 is 11.1 Å². The number of nitrogens with one attached hydrogen (secondary N) is 1. The van der Waals surface area contributed by atoms with Gasteiger partial charge in [0, 0.05) is 18.1 Å². The number of rotatable bonds is 6. The van der Waals surface area contributed by atoms with Gasteiger partial charge in [-0.1, -0.05) is 23.2 Å². The Bertz CT molecular complexity index is 580. The highest BCUT2D eigenvalue weighted by molar-refractivity contribution is 6.35. The van der Waals surface area contributed by atoms with Crippen LogP contribution >= 0.6 is 23.2 Å². The van der Waals surface area contributed by atoms with Gasteiger partial charge in [-0.15, -0.1) is 0 Å². The molecule has 0 spiro atoms. The third-order valence-electron chi connectivity index (χ3n) is 3.91. The molecule has 2 rings (SSSR count). The summed E-state index contributed by atoms with van der Waals surface area (Å²) in [7, 11) is 0. The van der Waals surface area contributed by atoms with E-state index in [-0.39, 0.29) is 11.8 Å². The summed E-state index contributed by atoms with van der Waals surface area (Å²) in [6, 6.07) is 4.32.